The molecule has 0 heterocycles. The highest BCUT2D eigenvalue weighted by Crippen LogP contribution is 2.37. The van der Waals surface area contributed by atoms with Crippen LogP contribution >= 0.6 is 0 Å². The maximum absolute atomic E-state index is 12.8. The highest BCUT2D eigenvalue weighted by molar-refractivity contribution is 5.44. The molecule has 0 fully saturated rings. The van der Waals surface area contributed by atoms with E-state index in [2.05, 4.69) is 0 Å². The van der Waals surface area contributed by atoms with Gasteiger partial charge in [0.15, 0.2) is 0 Å². The van der Waals surface area contributed by atoms with Crippen molar-refractivity contribution in [1.29, 1.82) is 0 Å². The first-order valence-corrected chi connectivity index (χ1v) is 5.95. The van der Waals surface area contributed by atoms with Gasteiger partial charge in [-0.25, -0.2) is 0 Å². The van der Waals surface area contributed by atoms with Crippen molar-refractivity contribution in [3.63, 3.8) is 0 Å². The molecule has 1 N–H and O–H groups in total. The molecule has 0 aliphatic carbocycles. The lowest BCUT2D eigenvalue weighted by atomic mass is 9.85. The Hall–Kier alpha value is -1.63. The second-order valence-electron chi connectivity index (χ2n) is 5.69. The van der Waals surface area contributed by atoms with Gasteiger partial charge in [0.05, 0.1) is 11.0 Å². The predicted molar refractivity (Wildman–Crippen MR) is 67.3 cm³/mol. The van der Waals surface area contributed by atoms with Gasteiger partial charge in [-0.2, -0.15) is 13.2 Å². The van der Waals surface area contributed by atoms with E-state index in [9.17, 15) is 28.4 Å². The van der Waals surface area contributed by atoms with Crippen molar-refractivity contribution in [3.8, 4) is 0 Å². The molecule has 0 bridgehead atoms. The van der Waals surface area contributed by atoms with Crippen molar-refractivity contribution in [2.24, 2.45) is 5.41 Å². The molecule has 112 valence electrons. The van der Waals surface area contributed by atoms with Crippen molar-refractivity contribution >= 4 is 5.69 Å². The molecule has 0 saturated carbocycles. The van der Waals surface area contributed by atoms with E-state index in [0.717, 1.165) is 12.1 Å². The van der Waals surface area contributed by atoms with E-state index < -0.39 is 33.9 Å². The number of nitro groups is 1. The number of benzene rings is 1. The van der Waals surface area contributed by atoms with Crippen LogP contribution in [0.3, 0.4) is 0 Å². The fraction of sp³-hybridized carbons (Fsp3) is 0.538. The molecule has 7 heteroatoms. The molecular weight excluding hydrogens is 275 g/mol. The molecule has 0 radical (unpaired) electrons. The van der Waals surface area contributed by atoms with Crippen LogP contribution < -0.4 is 0 Å². The maximum Gasteiger partial charge on any atom is 0.423 e. The summed E-state index contributed by atoms with van der Waals surface area (Å²) in [6, 6.07) is 2.79. The van der Waals surface area contributed by atoms with E-state index in [-0.39, 0.29) is 12.0 Å². The molecule has 1 aromatic rings. The summed E-state index contributed by atoms with van der Waals surface area (Å²) in [6.45, 7) is 5.27. The van der Waals surface area contributed by atoms with E-state index in [1.165, 1.54) is 6.07 Å². The first-order valence-electron chi connectivity index (χ1n) is 5.95. The SMILES string of the molecule is CC(C)(C)C(O)Cc1ccc([N+](=O)[O-])c(C(F)(F)F)c1. The van der Waals surface area contributed by atoms with Gasteiger partial charge in [0.25, 0.3) is 5.69 Å². The molecule has 1 unspecified atom stereocenters. The molecule has 0 saturated heterocycles. The Balaban J connectivity index is 3.17. The van der Waals surface area contributed by atoms with Crippen molar-refractivity contribution in [1.82, 2.24) is 0 Å². The van der Waals surface area contributed by atoms with Gasteiger partial charge in [-0.15, -0.1) is 0 Å². The summed E-state index contributed by atoms with van der Waals surface area (Å²) in [6.07, 6.45) is -5.64. The Morgan fingerprint density at radius 1 is 1.30 bits per heavy atom. The number of alkyl halides is 3. The van der Waals surface area contributed by atoms with Crippen molar-refractivity contribution in [3.05, 3.63) is 39.4 Å². The Labute approximate surface area is 114 Å². The zero-order valence-electron chi connectivity index (χ0n) is 11.4. The quantitative estimate of drug-likeness (QED) is 0.684. The topological polar surface area (TPSA) is 63.4 Å². The minimum absolute atomic E-state index is 0.00454. The normalized spacial score (nSPS) is 14.2. The summed E-state index contributed by atoms with van der Waals surface area (Å²) in [7, 11) is 0. The summed E-state index contributed by atoms with van der Waals surface area (Å²) >= 11 is 0. The second kappa shape index (κ2) is 5.40. The fourth-order valence-electron chi connectivity index (χ4n) is 1.63. The van der Waals surface area contributed by atoms with Gasteiger partial charge in [-0.1, -0.05) is 26.8 Å². The van der Waals surface area contributed by atoms with Gasteiger partial charge in [0, 0.05) is 6.07 Å². The van der Waals surface area contributed by atoms with Crippen LogP contribution in [0.1, 0.15) is 31.9 Å². The minimum Gasteiger partial charge on any atom is -0.392 e. The van der Waals surface area contributed by atoms with Crippen LogP contribution in [-0.2, 0) is 12.6 Å². The minimum atomic E-state index is -4.80. The van der Waals surface area contributed by atoms with E-state index in [0.29, 0.717) is 0 Å². The highest BCUT2D eigenvalue weighted by Gasteiger charge is 2.38. The zero-order chi connectivity index (χ0) is 15.7. The number of rotatable bonds is 3. The average molecular weight is 291 g/mol. The number of aliphatic hydroxyl groups excluding tert-OH is 1. The predicted octanol–water partition coefficient (Wildman–Crippen LogP) is 3.56. The van der Waals surface area contributed by atoms with E-state index in [1.54, 1.807) is 20.8 Å². The van der Waals surface area contributed by atoms with Crippen LogP contribution in [-0.4, -0.2) is 16.1 Å². The van der Waals surface area contributed by atoms with E-state index >= 15 is 0 Å². The molecule has 0 aromatic heterocycles. The Morgan fingerprint density at radius 2 is 1.85 bits per heavy atom. The van der Waals surface area contributed by atoms with E-state index in [4.69, 9.17) is 0 Å². The fourth-order valence-corrected chi connectivity index (χ4v) is 1.63. The number of hydrogen-bond acceptors (Lipinski definition) is 3. The molecule has 20 heavy (non-hydrogen) atoms. The van der Waals surface area contributed by atoms with Crippen molar-refractivity contribution in [2.45, 2.75) is 39.5 Å². The number of nitro benzene ring substituents is 1. The van der Waals surface area contributed by atoms with Crippen LogP contribution in [0.25, 0.3) is 0 Å². The maximum atomic E-state index is 12.8. The summed E-state index contributed by atoms with van der Waals surface area (Å²) < 4.78 is 38.4. The Morgan fingerprint density at radius 3 is 2.25 bits per heavy atom. The van der Waals surface area contributed by atoms with Crippen molar-refractivity contribution < 1.29 is 23.2 Å². The Bertz CT molecular complexity index is 507. The third-order valence-electron chi connectivity index (χ3n) is 2.99. The third-order valence-corrected chi connectivity index (χ3v) is 2.99. The van der Waals surface area contributed by atoms with Gasteiger partial charge in [0.1, 0.15) is 5.56 Å². The summed E-state index contributed by atoms with van der Waals surface area (Å²) in [4.78, 5) is 9.55. The van der Waals surface area contributed by atoms with Crippen LogP contribution in [0.2, 0.25) is 0 Å². The molecular formula is C13H16F3NO3. The molecule has 0 aliphatic heterocycles. The molecule has 1 atom stereocenters. The van der Waals surface area contributed by atoms with Gasteiger partial charge in [0.2, 0.25) is 0 Å². The monoisotopic (exact) mass is 291 g/mol. The van der Waals surface area contributed by atoms with E-state index in [1.807, 2.05) is 0 Å². The molecule has 4 nitrogen and oxygen atoms in total. The lowest BCUT2D eigenvalue weighted by Crippen LogP contribution is -2.28. The zero-order valence-corrected chi connectivity index (χ0v) is 11.4. The molecule has 0 spiro atoms. The van der Waals surface area contributed by atoms with Crippen LogP contribution in [0.5, 0.6) is 0 Å². The van der Waals surface area contributed by atoms with Gasteiger partial charge >= 0.3 is 6.18 Å². The third kappa shape index (κ3) is 3.93. The Kier molecular flexibility index (Phi) is 4.43. The highest BCUT2D eigenvalue weighted by atomic mass is 19.4. The summed E-state index contributed by atoms with van der Waals surface area (Å²) in [5, 5.41) is 20.5. The smallest absolute Gasteiger partial charge is 0.392 e. The number of aliphatic hydroxyl groups is 1. The van der Waals surface area contributed by atoms with Crippen LogP contribution in [0.15, 0.2) is 18.2 Å². The average Bonchev–Trinajstić information content (AvgIpc) is 2.26. The molecule has 1 rings (SSSR count). The summed E-state index contributed by atoms with van der Waals surface area (Å²) in [5.41, 5.74) is -2.54. The first-order chi connectivity index (χ1) is 8.93. The molecule has 0 amide bonds. The first kappa shape index (κ1) is 16.4. The summed E-state index contributed by atoms with van der Waals surface area (Å²) in [5.74, 6) is 0. The largest absolute Gasteiger partial charge is 0.423 e. The van der Waals surface area contributed by atoms with Crippen molar-refractivity contribution in [2.75, 3.05) is 0 Å². The van der Waals surface area contributed by atoms with Gasteiger partial charge in [-0.05, 0) is 23.5 Å². The lowest BCUT2D eigenvalue weighted by Gasteiger charge is -2.26. The second-order valence-corrected chi connectivity index (χ2v) is 5.69. The molecule has 1 aromatic carbocycles. The lowest BCUT2D eigenvalue weighted by molar-refractivity contribution is -0.388. The van der Waals surface area contributed by atoms with Gasteiger partial charge in [-0.3, -0.25) is 10.1 Å². The number of hydrogen-bond donors (Lipinski definition) is 1. The molecule has 0 aliphatic rings. The van der Waals surface area contributed by atoms with Crippen LogP contribution in [0.4, 0.5) is 18.9 Å². The number of nitrogens with zero attached hydrogens (tertiary/aromatic N) is 1. The standard InChI is InChI=1S/C13H16F3NO3/c1-12(2,3)11(18)7-8-4-5-10(17(19)20)9(6-8)13(14,15)16/h4-6,11,18H,7H2,1-3H3. The van der Waals surface area contributed by atoms with Crippen LogP contribution in [0, 0.1) is 15.5 Å². The van der Waals surface area contributed by atoms with Gasteiger partial charge < -0.3 is 5.11 Å². The number of halogens is 3.